The fourth-order valence-corrected chi connectivity index (χ4v) is 2.53. The third kappa shape index (κ3) is 3.01. The number of aryl methyl sites for hydroxylation is 1. The summed E-state index contributed by atoms with van der Waals surface area (Å²) in [5.41, 5.74) is 6.76. The zero-order valence-electron chi connectivity index (χ0n) is 11.6. The summed E-state index contributed by atoms with van der Waals surface area (Å²) >= 11 is 5.82. The largest absolute Gasteiger partial charge is 0.271 e. The van der Waals surface area contributed by atoms with Crippen LogP contribution in [-0.4, -0.2) is 0 Å². The molecule has 0 aliphatic rings. The van der Waals surface area contributed by atoms with Gasteiger partial charge in [0.15, 0.2) is 0 Å². The van der Waals surface area contributed by atoms with E-state index in [1.165, 1.54) is 5.56 Å². The van der Waals surface area contributed by atoms with Crippen molar-refractivity contribution < 1.29 is 4.39 Å². The molecule has 0 fully saturated rings. The third-order valence-electron chi connectivity index (χ3n) is 3.68. The summed E-state index contributed by atoms with van der Waals surface area (Å²) in [4.78, 5) is 0. The SMILES string of the molecule is Cc1cccc(C(Cc2cccc(Cl)c2F)NN)c1C. The van der Waals surface area contributed by atoms with Crippen LogP contribution in [-0.2, 0) is 6.42 Å². The van der Waals surface area contributed by atoms with Crippen molar-refractivity contribution in [2.24, 2.45) is 5.84 Å². The smallest absolute Gasteiger partial charge is 0.145 e. The monoisotopic (exact) mass is 292 g/mol. The van der Waals surface area contributed by atoms with Crippen LogP contribution >= 0.6 is 11.6 Å². The number of hydrazine groups is 1. The van der Waals surface area contributed by atoms with Crippen LogP contribution in [0.4, 0.5) is 4.39 Å². The van der Waals surface area contributed by atoms with E-state index in [4.69, 9.17) is 17.4 Å². The van der Waals surface area contributed by atoms with Crippen LogP contribution < -0.4 is 11.3 Å². The highest BCUT2D eigenvalue weighted by molar-refractivity contribution is 6.30. The van der Waals surface area contributed by atoms with E-state index in [1.54, 1.807) is 18.2 Å². The average molecular weight is 293 g/mol. The zero-order chi connectivity index (χ0) is 14.7. The molecule has 20 heavy (non-hydrogen) atoms. The molecule has 106 valence electrons. The Hall–Kier alpha value is -1.42. The van der Waals surface area contributed by atoms with E-state index in [0.717, 1.165) is 11.1 Å². The Bertz CT molecular complexity index is 613. The number of rotatable bonds is 4. The molecular weight excluding hydrogens is 275 g/mol. The highest BCUT2D eigenvalue weighted by Crippen LogP contribution is 2.26. The summed E-state index contributed by atoms with van der Waals surface area (Å²) in [5.74, 6) is 5.28. The van der Waals surface area contributed by atoms with Gasteiger partial charge in [-0.15, -0.1) is 0 Å². The number of benzene rings is 2. The summed E-state index contributed by atoms with van der Waals surface area (Å²) in [7, 11) is 0. The summed E-state index contributed by atoms with van der Waals surface area (Å²) < 4.78 is 14.0. The molecule has 0 aliphatic carbocycles. The molecule has 0 aliphatic heterocycles. The molecule has 0 radical (unpaired) electrons. The van der Waals surface area contributed by atoms with Crippen molar-refractivity contribution in [2.75, 3.05) is 0 Å². The summed E-state index contributed by atoms with van der Waals surface area (Å²) in [6.07, 6.45) is 0.452. The fraction of sp³-hybridized carbons (Fsp3) is 0.250. The predicted molar refractivity (Wildman–Crippen MR) is 81.1 cm³/mol. The second kappa shape index (κ2) is 6.35. The summed E-state index contributed by atoms with van der Waals surface area (Å²) in [6, 6.07) is 10.9. The molecule has 0 saturated carbocycles. The highest BCUT2D eigenvalue weighted by atomic mass is 35.5. The molecule has 2 nitrogen and oxygen atoms in total. The Balaban J connectivity index is 2.34. The first-order valence-corrected chi connectivity index (χ1v) is 6.87. The number of nitrogens with one attached hydrogen (secondary N) is 1. The predicted octanol–water partition coefficient (Wildman–Crippen LogP) is 3.84. The molecule has 3 N–H and O–H groups in total. The first-order valence-electron chi connectivity index (χ1n) is 6.49. The minimum Gasteiger partial charge on any atom is -0.271 e. The lowest BCUT2D eigenvalue weighted by molar-refractivity contribution is 0.527. The molecule has 2 rings (SSSR count). The number of hydrogen-bond acceptors (Lipinski definition) is 2. The quantitative estimate of drug-likeness (QED) is 0.664. The van der Waals surface area contributed by atoms with E-state index in [-0.39, 0.29) is 16.9 Å². The Morgan fingerprint density at radius 1 is 1.20 bits per heavy atom. The van der Waals surface area contributed by atoms with Crippen molar-refractivity contribution in [1.82, 2.24) is 5.43 Å². The maximum Gasteiger partial charge on any atom is 0.145 e. The fourth-order valence-electron chi connectivity index (χ4n) is 2.34. The van der Waals surface area contributed by atoms with E-state index < -0.39 is 0 Å². The zero-order valence-corrected chi connectivity index (χ0v) is 12.3. The third-order valence-corrected chi connectivity index (χ3v) is 3.97. The second-order valence-corrected chi connectivity index (χ2v) is 5.33. The van der Waals surface area contributed by atoms with Crippen molar-refractivity contribution in [3.8, 4) is 0 Å². The van der Waals surface area contributed by atoms with Crippen LogP contribution in [0.5, 0.6) is 0 Å². The van der Waals surface area contributed by atoms with Crippen molar-refractivity contribution in [2.45, 2.75) is 26.3 Å². The van der Waals surface area contributed by atoms with Crippen molar-refractivity contribution in [3.05, 3.63) is 69.5 Å². The standard InChI is InChI=1S/C16H18ClFN2/c1-10-5-3-7-13(11(10)2)15(20-19)9-12-6-4-8-14(17)16(12)18/h3-8,15,20H,9,19H2,1-2H3. The van der Waals surface area contributed by atoms with Gasteiger partial charge in [0.25, 0.3) is 0 Å². The lowest BCUT2D eigenvalue weighted by atomic mass is 9.93. The lowest BCUT2D eigenvalue weighted by Gasteiger charge is -2.20. The molecule has 0 aromatic heterocycles. The van der Waals surface area contributed by atoms with Crippen LogP contribution in [0.2, 0.25) is 5.02 Å². The van der Waals surface area contributed by atoms with Crippen LogP contribution in [0.25, 0.3) is 0 Å². The normalized spacial score (nSPS) is 12.4. The van der Waals surface area contributed by atoms with Crippen LogP contribution in [0.1, 0.15) is 28.3 Å². The molecule has 0 bridgehead atoms. The van der Waals surface area contributed by atoms with Gasteiger partial charge in [-0.2, -0.15) is 0 Å². The van der Waals surface area contributed by atoms with Gasteiger partial charge in [0.1, 0.15) is 5.82 Å². The van der Waals surface area contributed by atoms with Crippen molar-refractivity contribution in [1.29, 1.82) is 0 Å². The number of halogens is 2. The highest BCUT2D eigenvalue weighted by Gasteiger charge is 2.16. The minimum atomic E-state index is -0.375. The van der Waals surface area contributed by atoms with E-state index in [9.17, 15) is 4.39 Å². The molecule has 2 aromatic carbocycles. The number of hydrogen-bond donors (Lipinski definition) is 2. The van der Waals surface area contributed by atoms with Crippen LogP contribution in [0, 0.1) is 19.7 Å². The van der Waals surface area contributed by atoms with Crippen molar-refractivity contribution >= 4 is 11.6 Å². The minimum absolute atomic E-state index is 0.138. The van der Waals surface area contributed by atoms with Gasteiger partial charge in [0.05, 0.1) is 11.1 Å². The molecule has 0 saturated heterocycles. The molecule has 4 heteroatoms. The summed E-state index contributed by atoms with van der Waals surface area (Å²) in [6.45, 7) is 4.09. The summed E-state index contributed by atoms with van der Waals surface area (Å²) in [5, 5.41) is 0.138. The maximum atomic E-state index is 14.0. The van der Waals surface area contributed by atoms with Gasteiger partial charge in [-0.25, -0.2) is 4.39 Å². The van der Waals surface area contributed by atoms with Gasteiger partial charge >= 0.3 is 0 Å². The van der Waals surface area contributed by atoms with Gasteiger partial charge in [0.2, 0.25) is 0 Å². The van der Waals surface area contributed by atoms with E-state index in [0.29, 0.717) is 12.0 Å². The van der Waals surface area contributed by atoms with Crippen LogP contribution in [0.3, 0.4) is 0 Å². The van der Waals surface area contributed by atoms with E-state index >= 15 is 0 Å². The molecule has 1 atom stereocenters. The number of nitrogens with two attached hydrogens (primary N) is 1. The van der Waals surface area contributed by atoms with E-state index in [2.05, 4.69) is 5.43 Å². The Morgan fingerprint density at radius 3 is 2.60 bits per heavy atom. The molecular formula is C16H18ClFN2. The molecule has 0 amide bonds. The van der Waals surface area contributed by atoms with Gasteiger partial charge in [-0.05, 0) is 48.6 Å². The maximum absolute atomic E-state index is 14.0. The first kappa shape index (κ1) is 15.0. The lowest BCUT2D eigenvalue weighted by Crippen LogP contribution is -2.30. The Kier molecular flexibility index (Phi) is 4.76. The first-order chi connectivity index (χ1) is 9.54. The average Bonchev–Trinajstić information content (AvgIpc) is 2.44. The van der Waals surface area contributed by atoms with Gasteiger partial charge < -0.3 is 0 Å². The Morgan fingerprint density at radius 2 is 1.90 bits per heavy atom. The Labute approximate surface area is 123 Å². The topological polar surface area (TPSA) is 38.0 Å². The van der Waals surface area contributed by atoms with Gasteiger partial charge in [0, 0.05) is 0 Å². The molecule has 2 aromatic rings. The van der Waals surface area contributed by atoms with Gasteiger partial charge in [-0.1, -0.05) is 41.9 Å². The molecule has 1 unspecified atom stereocenters. The molecule has 0 spiro atoms. The molecule has 0 heterocycles. The van der Waals surface area contributed by atoms with Crippen LogP contribution in [0.15, 0.2) is 36.4 Å². The van der Waals surface area contributed by atoms with E-state index in [1.807, 2.05) is 32.0 Å². The van der Waals surface area contributed by atoms with Gasteiger partial charge in [-0.3, -0.25) is 11.3 Å². The van der Waals surface area contributed by atoms with Crippen molar-refractivity contribution in [3.63, 3.8) is 0 Å². The second-order valence-electron chi connectivity index (χ2n) is 4.93.